The fourth-order valence-electron chi connectivity index (χ4n) is 12.8. The van der Waals surface area contributed by atoms with Gasteiger partial charge in [0, 0.05) is 27.7 Å². The van der Waals surface area contributed by atoms with E-state index in [0.29, 0.717) is 0 Å². The molecule has 4 amide bonds. The molecule has 0 aromatic rings. The SMILES string of the molecule is CC(=O)N[C@@H]1[C@@H](O)[C@H](O[C@@H]2O[C@H](CO)[C@@H](O[C@@H]3O[C@H](CO[C@H]4O[C@H](CO)[C@@H](O)[C@H](O)[C@@H]4O)[C@@H](O[C@@H]4O[C@H](CO)[C@@H](O)[C@H](O)[C@H]4NC(C)=O)[C@H](O[C@H]4O[C@H](CO)[C@@H](O)[C@H](O)[C@@H]4O[C@@H]4O[C@H](CO)[C@@H](O)[C@H](O)[C@H]4NC(C)=O)[C@@H]3O)[C@H](O)[C@H]2NC(C)=O)[C@@H](CO[C@H]2O[C@H](C)[C@H](O)[C@H](O)[C@H]2O)O[C@H]1O. The average molecular weight is 1460 g/mol. The van der Waals surface area contributed by atoms with Crippen LogP contribution in [0, 0.1) is 0 Å². The number of aliphatic hydroxyl groups is 21. The number of carbonyl (C=O) groups is 4. The third-order valence-corrected chi connectivity index (χ3v) is 18.2. The summed E-state index contributed by atoms with van der Waals surface area (Å²) in [6, 6.07) is -7.37. The van der Waals surface area contributed by atoms with Gasteiger partial charge in [-0.2, -0.15) is 0 Å². The van der Waals surface area contributed by atoms with Gasteiger partial charge in [0.25, 0.3) is 0 Å². The van der Waals surface area contributed by atoms with E-state index in [0.717, 1.165) is 27.7 Å². The molecule has 40 atom stereocenters. The summed E-state index contributed by atoms with van der Waals surface area (Å²) in [6.07, 6.45) is -73.0. The molecule has 8 aliphatic heterocycles. The Balaban J connectivity index is 1.21. The molecule has 8 saturated heterocycles. The van der Waals surface area contributed by atoms with E-state index in [4.69, 9.17) is 71.1 Å². The Morgan fingerprint density at radius 1 is 0.280 bits per heavy atom. The number of amides is 4. The van der Waals surface area contributed by atoms with Crippen molar-refractivity contribution in [3.05, 3.63) is 0 Å². The number of ether oxygens (including phenoxy) is 15. The highest BCUT2D eigenvalue weighted by Gasteiger charge is 2.60. The van der Waals surface area contributed by atoms with Crippen LogP contribution in [-0.4, -0.2) is 423 Å². The topological polar surface area (TPSA) is 680 Å². The third-order valence-electron chi connectivity index (χ3n) is 18.2. The Labute approximate surface area is 567 Å². The van der Waals surface area contributed by atoms with Crippen molar-refractivity contribution >= 4 is 23.6 Å². The highest BCUT2D eigenvalue weighted by molar-refractivity contribution is 5.74. The fourth-order valence-corrected chi connectivity index (χ4v) is 12.8. The first-order valence-electron chi connectivity index (χ1n) is 32.0. The molecule has 0 saturated carbocycles. The molecule has 100 heavy (non-hydrogen) atoms. The highest BCUT2D eigenvalue weighted by atomic mass is 16.8. The summed E-state index contributed by atoms with van der Waals surface area (Å²) in [5.74, 6) is -3.56. The molecule has 0 aliphatic carbocycles. The molecule has 578 valence electrons. The van der Waals surface area contributed by atoms with E-state index in [1.54, 1.807) is 0 Å². The molecule has 44 nitrogen and oxygen atoms in total. The maximum Gasteiger partial charge on any atom is 0.217 e. The van der Waals surface area contributed by atoms with Crippen molar-refractivity contribution in [2.75, 3.05) is 46.2 Å². The highest BCUT2D eigenvalue weighted by Crippen LogP contribution is 2.40. The number of hydrogen-bond acceptors (Lipinski definition) is 40. The van der Waals surface area contributed by atoms with Crippen LogP contribution in [0.5, 0.6) is 0 Å². The van der Waals surface area contributed by atoms with Crippen LogP contribution in [0.2, 0.25) is 0 Å². The van der Waals surface area contributed by atoms with Gasteiger partial charge in [-0.3, -0.25) is 19.2 Å². The van der Waals surface area contributed by atoms with Crippen LogP contribution in [-0.2, 0) is 90.2 Å². The van der Waals surface area contributed by atoms with Crippen LogP contribution < -0.4 is 21.3 Å². The van der Waals surface area contributed by atoms with Crippen molar-refractivity contribution in [1.82, 2.24) is 21.3 Å². The van der Waals surface area contributed by atoms with Crippen molar-refractivity contribution in [2.24, 2.45) is 0 Å². The van der Waals surface area contributed by atoms with Gasteiger partial charge in [0.2, 0.25) is 23.6 Å². The minimum absolute atomic E-state index is 0.817. The lowest BCUT2D eigenvalue weighted by molar-refractivity contribution is -0.406. The maximum atomic E-state index is 13.2. The minimum atomic E-state index is -2.60. The van der Waals surface area contributed by atoms with Gasteiger partial charge in [-0.1, -0.05) is 0 Å². The third kappa shape index (κ3) is 18.3. The molecular weight excluding hydrogens is 1370 g/mol. The van der Waals surface area contributed by atoms with Gasteiger partial charge in [0.05, 0.1) is 52.4 Å². The molecule has 8 aliphatic rings. The van der Waals surface area contributed by atoms with Crippen LogP contribution >= 0.6 is 0 Å². The predicted molar refractivity (Wildman–Crippen MR) is 309 cm³/mol. The molecule has 44 heteroatoms. The summed E-state index contributed by atoms with van der Waals surface area (Å²) in [7, 11) is 0. The number of rotatable bonds is 25. The molecule has 0 aromatic carbocycles. The van der Waals surface area contributed by atoms with Gasteiger partial charge in [0.15, 0.2) is 50.3 Å². The van der Waals surface area contributed by atoms with Gasteiger partial charge < -0.3 is 200 Å². The summed E-state index contributed by atoms with van der Waals surface area (Å²) in [5, 5.41) is 242. The van der Waals surface area contributed by atoms with E-state index < -0.39 is 315 Å². The van der Waals surface area contributed by atoms with E-state index >= 15 is 0 Å². The Hall–Kier alpha value is -3.56. The van der Waals surface area contributed by atoms with Crippen molar-refractivity contribution in [2.45, 2.75) is 280 Å². The Morgan fingerprint density at radius 2 is 0.600 bits per heavy atom. The fraction of sp³-hybridized carbons (Fsp3) is 0.929. The molecule has 0 radical (unpaired) electrons. The molecule has 25 N–H and O–H groups in total. The molecular formula is C56H94N4O40. The monoisotopic (exact) mass is 1460 g/mol. The van der Waals surface area contributed by atoms with Crippen LogP contribution in [0.15, 0.2) is 0 Å². The standard InChI is InChI=1S/C56H94N4O40/c1-13-29(70)38(79)41(82)53(88-13)86-11-23-45(36(77)25(49(85)89-23)57-14(2)66)96-52-28(60-17(5)69)37(78)44(22(10-65)94-52)97-55-43(84)47(99-56-48(40(81)33(74)21(9-64)93-56)100-51-27(59-16(4)68)35(76)31(72)19(7-62)91-51)46(98-50-26(58-15(3)67)34(75)30(71)18(6-61)90-50)24(95-55)12-87-54-42(83)39(80)32(73)20(8-63)92-54/h13,18-56,61-65,70-85H,6-12H2,1-5H3,(H,57,66)(H,58,67)(H,59,68)(H,60,69)/t13-,18-,19-,20-,21-,22-,23-,24-,25-,26-,27-,28-,29+,30-,31-,32-,33-,34-,35-,36-,37-,38+,39+,40+,41-,42+,43+,44-,45-,46-,47-,48+,49-,50+,51+,52+,53+,54+,55+,56-/m1/s1. The van der Waals surface area contributed by atoms with Gasteiger partial charge in [-0.05, 0) is 6.92 Å². The van der Waals surface area contributed by atoms with E-state index in [9.17, 15) is 126 Å². The lowest BCUT2D eigenvalue weighted by atomic mass is 9.93. The second-order valence-electron chi connectivity index (χ2n) is 25.4. The van der Waals surface area contributed by atoms with Gasteiger partial charge in [-0.15, -0.1) is 0 Å². The Morgan fingerprint density at radius 3 is 1.07 bits per heavy atom. The maximum absolute atomic E-state index is 13.2. The van der Waals surface area contributed by atoms with E-state index in [2.05, 4.69) is 21.3 Å². The van der Waals surface area contributed by atoms with Crippen molar-refractivity contribution in [3.63, 3.8) is 0 Å². The zero-order valence-electron chi connectivity index (χ0n) is 54.2. The number of aliphatic hydroxyl groups excluding tert-OH is 21. The summed E-state index contributed by atoms with van der Waals surface area (Å²) in [4.78, 5) is 50.9. The van der Waals surface area contributed by atoms with E-state index in [-0.39, 0.29) is 0 Å². The predicted octanol–water partition coefficient (Wildman–Crippen LogP) is -16.8. The lowest BCUT2D eigenvalue weighted by Crippen LogP contribution is -2.71. The quantitative estimate of drug-likeness (QED) is 0.0404. The zero-order chi connectivity index (χ0) is 73.8. The summed E-state index contributed by atoms with van der Waals surface area (Å²) >= 11 is 0. The van der Waals surface area contributed by atoms with Gasteiger partial charge in [-0.25, -0.2) is 0 Å². The van der Waals surface area contributed by atoms with Crippen molar-refractivity contribution in [1.29, 1.82) is 0 Å². The van der Waals surface area contributed by atoms with Crippen LogP contribution in [0.25, 0.3) is 0 Å². The minimum Gasteiger partial charge on any atom is -0.394 e. The zero-order valence-corrected chi connectivity index (χ0v) is 54.2. The number of carbonyl (C=O) groups excluding carboxylic acids is 4. The smallest absolute Gasteiger partial charge is 0.217 e. The number of nitrogens with one attached hydrogen (secondary N) is 4. The van der Waals surface area contributed by atoms with Crippen LogP contribution in [0.3, 0.4) is 0 Å². The van der Waals surface area contributed by atoms with Crippen LogP contribution in [0.1, 0.15) is 34.6 Å². The Bertz CT molecular complexity index is 2620. The number of hydrogen-bond donors (Lipinski definition) is 25. The van der Waals surface area contributed by atoms with Crippen molar-refractivity contribution < 1.29 is 197 Å². The van der Waals surface area contributed by atoms with E-state index in [1.807, 2.05) is 0 Å². The van der Waals surface area contributed by atoms with Crippen LogP contribution in [0.4, 0.5) is 0 Å². The molecule has 0 aromatic heterocycles. The first kappa shape index (κ1) is 82.1. The summed E-state index contributed by atoms with van der Waals surface area (Å²) in [5.41, 5.74) is 0. The molecule has 8 heterocycles. The average Bonchev–Trinajstić information content (AvgIpc) is 0.762. The van der Waals surface area contributed by atoms with Gasteiger partial charge in [0.1, 0.15) is 189 Å². The summed E-state index contributed by atoms with van der Waals surface area (Å²) in [6.45, 7) is -2.18. The second kappa shape index (κ2) is 35.7. The molecule has 0 unspecified atom stereocenters. The Kier molecular flexibility index (Phi) is 29.3. The van der Waals surface area contributed by atoms with Crippen molar-refractivity contribution in [3.8, 4) is 0 Å². The normalized spacial score (nSPS) is 48.7. The molecule has 0 spiro atoms. The largest absolute Gasteiger partial charge is 0.394 e. The molecule has 8 fully saturated rings. The van der Waals surface area contributed by atoms with Gasteiger partial charge >= 0.3 is 0 Å². The first-order chi connectivity index (χ1) is 47.2. The second-order valence-corrected chi connectivity index (χ2v) is 25.4. The lowest BCUT2D eigenvalue weighted by Gasteiger charge is -2.52. The summed E-state index contributed by atoms with van der Waals surface area (Å²) < 4.78 is 90.1. The van der Waals surface area contributed by atoms with E-state index in [1.165, 1.54) is 6.92 Å². The molecule has 0 bridgehead atoms. The molecule has 8 rings (SSSR count). The first-order valence-corrected chi connectivity index (χ1v) is 32.0.